The van der Waals surface area contributed by atoms with Crippen molar-refractivity contribution in [1.29, 1.82) is 0 Å². The van der Waals surface area contributed by atoms with E-state index in [-0.39, 0.29) is 5.92 Å². The summed E-state index contributed by atoms with van der Waals surface area (Å²) in [4.78, 5) is 22.2. The Balaban J connectivity index is 1.46. The van der Waals surface area contributed by atoms with Gasteiger partial charge in [0, 0.05) is 37.9 Å². The molecule has 3 saturated heterocycles. The summed E-state index contributed by atoms with van der Waals surface area (Å²) < 4.78 is 0. The van der Waals surface area contributed by atoms with Crippen LogP contribution in [-0.4, -0.2) is 46.4 Å². The van der Waals surface area contributed by atoms with E-state index in [4.69, 9.17) is 0 Å². The number of pyridine rings is 1. The summed E-state index contributed by atoms with van der Waals surface area (Å²) in [5.41, 5.74) is 2.20. The first-order chi connectivity index (χ1) is 11.2. The van der Waals surface area contributed by atoms with Crippen LogP contribution in [0.25, 0.3) is 0 Å². The van der Waals surface area contributed by atoms with E-state index in [0.717, 1.165) is 49.9 Å². The molecule has 1 amide bonds. The van der Waals surface area contributed by atoms with Crippen LogP contribution in [0.2, 0.25) is 0 Å². The SMILES string of the molecule is Cc1cccc(CN2C[C@@H]3CC[C@H](C2)N(CC2CCC2)C3=O)n1. The van der Waals surface area contributed by atoms with Crippen LogP contribution in [0, 0.1) is 18.8 Å². The Morgan fingerprint density at radius 2 is 2.04 bits per heavy atom. The number of fused-ring (bicyclic) bond motifs is 4. The maximum absolute atomic E-state index is 12.8. The lowest BCUT2D eigenvalue weighted by Gasteiger charge is -2.40. The highest BCUT2D eigenvalue weighted by Gasteiger charge is 2.41. The van der Waals surface area contributed by atoms with Gasteiger partial charge in [-0.15, -0.1) is 0 Å². The van der Waals surface area contributed by atoms with Gasteiger partial charge in [-0.2, -0.15) is 0 Å². The lowest BCUT2D eigenvalue weighted by Crippen LogP contribution is -2.50. The topological polar surface area (TPSA) is 36.4 Å². The number of piperidine rings is 1. The molecule has 2 atom stereocenters. The lowest BCUT2D eigenvalue weighted by molar-refractivity contribution is -0.141. The summed E-state index contributed by atoms with van der Waals surface area (Å²) in [6.07, 6.45) is 6.24. The zero-order chi connectivity index (χ0) is 15.8. The standard InChI is InChI=1S/C19H27N3O/c1-14-4-2-7-17(20-14)12-21-11-16-8-9-18(13-21)22(19(16)23)10-15-5-3-6-15/h2,4,7,15-16,18H,3,5-6,8-13H2,1H3/t16-,18+/m0/s1. The van der Waals surface area contributed by atoms with Crippen molar-refractivity contribution in [3.8, 4) is 0 Å². The number of carbonyl (C=O) groups is 1. The fraction of sp³-hybridized carbons (Fsp3) is 0.684. The summed E-state index contributed by atoms with van der Waals surface area (Å²) in [5.74, 6) is 1.40. The van der Waals surface area contributed by atoms with Gasteiger partial charge in [-0.25, -0.2) is 0 Å². The fourth-order valence-electron chi connectivity index (χ4n) is 4.37. The Labute approximate surface area is 138 Å². The van der Waals surface area contributed by atoms with E-state index in [1.165, 1.54) is 25.7 Å². The first-order valence-corrected chi connectivity index (χ1v) is 9.14. The van der Waals surface area contributed by atoms with Crippen LogP contribution < -0.4 is 0 Å². The molecule has 1 aromatic rings. The average molecular weight is 313 g/mol. The molecule has 2 bridgehead atoms. The van der Waals surface area contributed by atoms with Gasteiger partial charge >= 0.3 is 0 Å². The van der Waals surface area contributed by atoms with Crippen molar-refractivity contribution in [3.63, 3.8) is 0 Å². The summed E-state index contributed by atoms with van der Waals surface area (Å²) in [5, 5.41) is 0. The Hall–Kier alpha value is -1.42. The van der Waals surface area contributed by atoms with Gasteiger partial charge in [-0.1, -0.05) is 12.5 Å². The molecule has 3 aliphatic heterocycles. The Kier molecular flexibility index (Phi) is 4.10. The van der Waals surface area contributed by atoms with Gasteiger partial charge in [0.25, 0.3) is 0 Å². The van der Waals surface area contributed by atoms with Crippen LogP contribution in [0.1, 0.15) is 43.5 Å². The fourth-order valence-corrected chi connectivity index (χ4v) is 4.37. The van der Waals surface area contributed by atoms with Gasteiger partial charge in [0.1, 0.15) is 0 Å². The van der Waals surface area contributed by atoms with E-state index < -0.39 is 0 Å². The molecular formula is C19H27N3O. The molecule has 23 heavy (non-hydrogen) atoms. The predicted molar refractivity (Wildman–Crippen MR) is 89.8 cm³/mol. The maximum atomic E-state index is 12.8. The number of rotatable bonds is 4. The van der Waals surface area contributed by atoms with E-state index in [1.807, 2.05) is 13.0 Å². The van der Waals surface area contributed by atoms with Crippen LogP contribution >= 0.6 is 0 Å². The second-order valence-corrected chi connectivity index (χ2v) is 7.68. The molecule has 5 rings (SSSR count). The second kappa shape index (κ2) is 6.23. The molecule has 0 spiro atoms. The average Bonchev–Trinajstić information content (AvgIpc) is 2.74. The first-order valence-electron chi connectivity index (χ1n) is 9.14. The predicted octanol–water partition coefficient (Wildman–Crippen LogP) is 2.61. The van der Waals surface area contributed by atoms with E-state index >= 15 is 0 Å². The summed E-state index contributed by atoms with van der Waals surface area (Å²) >= 11 is 0. The summed E-state index contributed by atoms with van der Waals surface area (Å²) in [6, 6.07) is 6.65. The minimum Gasteiger partial charge on any atom is -0.338 e. The quantitative estimate of drug-likeness (QED) is 0.857. The molecule has 124 valence electrons. The van der Waals surface area contributed by atoms with Crippen LogP contribution in [0.4, 0.5) is 0 Å². The molecule has 4 nitrogen and oxygen atoms in total. The molecule has 4 heterocycles. The van der Waals surface area contributed by atoms with E-state index in [1.54, 1.807) is 0 Å². The third-order valence-corrected chi connectivity index (χ3v) is 5.88. The molecule has 4 fully saturated rings. The minimum absolute atomic E-state index is 0.207. The molecule has 0 aromatic carbocycles. The molecular weight excluding hydrogens is 286 g/mol. The Morgan fingerprint density at radius 3 is 2.78 bits per heavy atom. The Morgan fingerprint density at radius 1 is 1.17 bits per heavy atom. The van der Waals surface area contributed by atoms with E-state index in [9.17, 15) is 4.79 Å². The van der Waals surface area contributed by atoms with Crippen LogP contribution in [0.3, 0.4) is 0 Å². The first kappa shape index (κ1) is 15.1. The van der Waals surface area contributed by atoms with Crippen molar-refractivity contribution in [2.45, 2.75) is 51.6 Å². The number of carbonyl (C=O) groups excluding carboxylic acids is 1. The number of nitrogens with zero attached hydrogens (tertiary/aromatic N) is 3. The largest absolute Gasteiger partial charge is 0.338 e. The molecule has 4 aliphatic rings. The third-order valence-electron chi connectivity index (χ3n) is 5.88. The van der Waals surface area contributed by atoms with Crippen molar-refractivity contribution in [2.75, 3.05) is 19.6 Å². The monoisotopic (exact) mass is 313 g/mol. The molecule has 4 heteroatoms. The Bertz CT molecular complexity index is 584. The number of aromatic nitrogens is 1. The smallest absolute Gasteiger partial charge is 0.227 e. The molecule has 1 saturated carbocycles. The van der Waals surface area contributed by atoms with Crippen molar-refractivity contribution in [1.82, 2.24) is 14.8 Å². The number of aryl methyl sites for hydroxylation is 1. The van der Waals surface area contributed by atoms with E-state index in [0.29, 0.717) is 11.9 Å². The van der Waals surface area contributed by atoms with Gasteiger partial charge in [-0.05, 0) is 50.7 Å². The van der Waals surface area contributed by atoms with E-state index in [2.05, 4.69) is 26.9 Å². The van der Waals surface area contributed by atoms with Crippen LogP contribution in [-0.2, 0) is 11.3 Å². The zero-order valence-electron chi connectivity index (χ0n) is 14.1. The van der Waals surface area contributed by atoms with Gasteiger partial charge in [0.2, 0.25) is 5.91 Å². The molecule has 1 aliphatic carbocycles. The van der Waals surface area contributed by atoms with Gasteiger partial charge in [-0.3, -0.25) is 14.7 Å². The van der Waals surface area contributed by atoms with Crippen molar-refractivity contribution in [3.05, 3.63) is 29.6 Å². The number of amides is 1. The summed E-state index contributed by atoms with van der Waals surface area (Å²) in [7, 11) is 0. The number of hydrogen-bond donors (Lipinski definition) is 0. The third kappa shape index (κ3) is 3.14. The van der Waals surface area contributed by atoms with Crippen LogP contribution in [0.15, 0.2) is 18.2 Å². The molecule has 0 radical (unpaired) electrons. The van der Waals surface area contributed by atoms with Gasteiger partial charge in [0.05, 0.1) is 11.6 Å². The normalized spacial score (nSPS) is 28.7. The molecule has 0 unspecified atom stereocenters. The van der Waals surface area contributed by atoms with Gasteiger partial charge < -0.3 is 4.90 Å². The number of hydrogen-bond acceptors (Lipinski definition) is 3. The van der Waals surface area contributed by atoms with Crippen LogP contribution in [0.5, 0.6) is 0 Å². The molecule has 1 aromatic heterocycles. The summed E-state index contributed by atoms with van der Waals surface area (Å²) in [6.45, 7) is 5.85. The second-order valence-electron chi connectivity index (χ2n) is 7.68. The van der Waals surface area contributed by atoms with Gasteiger partial charge in [0.15, 0.2) is 0 Å². The molecule has 0 N–H and O–H groups in total. The minimum atomic E-state index is 0.207. The highest BCUT2D eigenvalue weighted by Crippen LogP contribution is 2.34. The lowest BCUT2D eigenvalue weighted by atomic mass is 9.83. The van der Waals surface area contributed by atoms with Crippen molar-refractivity contribution in [2.24, 2.45) is 11.8 Å². The zero-order valence-corrected chi connectivity index (χ0v) is 14.1. The highest BCUT2D eigenvalue weighted by molar-refractivity contribution is 5.80. The maximum Gasteiger partial charge on any atom is 0.227 e. The van der Waals surface area contributed by atoms with Crippen molar-refractivity contribution < 1.29 is 4.79 Å². The van der Waals surface area contributed by atoms with Crippen molar-refractivity contribution >= 4 is 5.91 Å². The highest BCUT2D eigenvalue weighted by atomic mass is 16.2.